The highest BCUT2D eigenvalue weighted by Crippen LogP contribution is 2.10. The van der Waals surface area contributed by atoms with Crippen LogP contribution in [0.5, 0.6) is 0 Å². The van der Waals surface area contributed by atoms with Crippen LogP contribution in [0.1, 0.15) is 5.56 Å². The number of anilines is 1. The molecule has 2 N–H and O–H groups in total. The van der Waals surface area contributed by atoms with Crippen LogP contribution in [0.4, 0.5) is 5.69 Å². The van der Waals surface area contributed by atoms with Gasteiger partial charge in [0, 0.05) is 5.69 Å². The lowest BCUT2D eigenvalue weighted by molar-refractivity contribution is 1.47. The summed E-state index contributed by atoms with van der Waals surface area (Å²) in [4.78, 5) is 0. The number of benzene rings is 1. The van der Waals surface area contributed by atoms with Gasteiger partial charge in [0.25, 0.3) is 0 Å². The van der Waals surface area contributed by atoms with Gasteiger partial charge in [0.1, 0.15) is 17.7 Å². The molecule has 1 aromatic rings. The molecule has 0 aliphatic rings. The van der Waals surface area contributed by atoms with Crippen molar-refractivity contribution >= 4 is 11.8 Å². The summed E-state index contributed by atoms with van der Waals surface area (Å²) in [5.41, 5.74) is 6.97. The number of nitriles is 2. The molecule has 0 fully saturated rings. The number of allylic oxidation sites excluding steroid dienone is 1. The fourth-order valence-electron chi connectivity index (χ4n) is 0.905. The van der Waals surface area contributed by atoms with Gasteiger partial charge in [-0.25, -0.2) is 0 Å². The Labute approximate surface area is 76.3 Å². The summed E-state index contributed by atoms with van der Waals surface area (Å²) in [6.07, 6.45) is 1.50. The molecule has 1 rings (SSSR count). The third-order valence-corrected chi connectivity index (χ3v) is 1.46. The van der Waals surface area contributed by atoms with E-state index in [2.05, 4.69) is 0 Å². The van der Waals surface area contributed by atoms with Crippen molar-refractivity contribution in [3.8, 4) is 12.1 Å². The second-order valence-corrected chi connectivity index (χ2v) is 2.45. The Kier molecular flexibility index (Phi) is 2.68. The van der Waals surface area contributed by atoms with E-state index in [9.17, 15) is 0 Å². The SMILES string of the molecule is N#CC(C#N)=Cc1cccc(N)c1. The molecule has 0 unspecified atom stereocenters. The van der Waals surface area contributed by atoms with E-state index in [4.69, 9.17) is 16.3 Å². The van der Waals surface area contributed by atoms with Crippen LogP contribution < -0.4 is 5.73 Å². The Morgan fingerprint density at radius 1 is 1.31 bits per heavy atom. The second kappa shape index (κ2) is 3.94. The van der Waals surface area contributed by atoms with Crippen LogP contribution in [-0.4, -0.2) is 0 Å². The number of rotatable bonds is 1. The van der Waals surface area contributed by atoms with E-state index in [0.29, 0.717) is 5.69 Å². The lowest BCUT2D eigenvalue weighted by atomic mass is 10.1. The first-order valence-electron chi connectivity index (χ1n) is 3.63. The first-order chi connectivity index (χ1) is 6.26. The van der Waals surface area contributed by atoms with Gasteiger partial charge in [0.15, 0.2) is 0 Å². The molecule has 13 heavy (non-hydrogen) atoms. The van der Waals surface area contributed by atoms with Gasteiger partial charge in [0.2, 0.25) is 0 Å². The van der Waals surface area contributed by atoms with Gasteiger partial charge in [-0.3, -0.25) is 0 Å². The topological polar surface area (TPSA) is 73.6 Å². The average Bonchev–Trinajstić information content (AvgIpc) is 2.14. The zero-order valence-electron chi connectivity index (χ0n) is 6.86. The second-order valence-electron chi connectivity index (χ2n) is 2.45. The summed E-state index contributed by atoms with van der Waals surface area (Å²) < 4.78 is 0. The van der Waals surface area contributed by atoms with Crippen molar-refractivity contribution in [2.45, 2.75) is 0 Å². The van der Waals surface area contributed by atoms with E-state index in [1.807, 2.05) is 0 Å². The highest BCUT2D eigenvalue weighted by atomic mass is 14.5. The van der Waals surface area contributed by atoms with Gasteiger partial charge in [-0.2, -0.15) is 10.5 Å². The Balaban J connectivity index is 3.06. The lowest BCUT2D eigenvalue weighted by Gasteiger charge is -1.94. The summed E-state index contributed by atoms with van der Waals surface area (Å²) in [5.74, 6) is 0. The third-order valence-electron chi connectivity index (χ3n) is 1.46. The highest BCUT2D eigenvalue weighted by molar-refractivity contribution is 5.64. The first kappa shape index (κ1) is 8.83. The molecule has 62 valence electrons. The third kappa shape index (κ3) is 2.36. The van der Waals surface area contributed by atoms with Crippen molar-refractivity contribution in [2.24, 2.45) is 0 Å². The molecule has 0 aliphatic heterocycles. The van der Waals surface area contributed by atoms with Gasteiger partial charge in [0.05, 0.1) is 0 Å². The van der Waals surface area contributed by atoms with Crippen LogP contribution in [0.2, 0.25) is 0 Å². The summed E-state index contributed by atoms with van der Waals surface area (Å²) in [5, 5.41) is 17.0. The summed E-state index contributed by atoms with van der Waals surface area (Å²) in [7, 11) is 0. The lowest BCUT2D eigenvalue weighted by Crippen LogP contribution is -1.84. The first-order valence-corrected chi connectivity index (χ1v) is 3.63. The predicted octanol–water partition coefficient (Wildman–Crippen LogP) is 1.70. The quantitative estimate of drug-likeness (QED) is 0.513. The normalized spacial score (nSPS) is 8.15. The molecule has 0 amide bonds. The van der Waals surface area contributed by atoms with Crippen molar-refractivity contribution in [3.05, 3.63) is 35.4 Å². The van der Waals surface area contributed by atoms with E-state index in [1.165, 1.54) is 6.08 Å². The Morgan fingerprint density at radius 3 is 2.54 bits per heavy atom. The molecule has 0 aliphatic carbocycles. The minimum Gasteiger partial charge on any atom is -0.399 e. The van der Waals surface area contributed by atoms with E-state index < -0.39 is 0 Å². The van der Waals surface area contributed by atoms with Crippen LogP contribution in [-0.2, 0) is 0 Å². The molecule has 0 spiro atoms. The molecule has 0 atom stereocenters. The van der Waals surface area contributed by atoms with Crippen LogP contribution in [0.25, 0.3) is 6.08 Å². The molecule has 3 heteroatoms. The number of hydrogen-bond acceptors (Lipinski definition) is 3. The van der Waals surface area contributed by atoms with Gasteiger partial charge in [-0.15, -0.1) is 0 Å². The van der Waals surface area contributed by atoms with E-state index in [0.717, 1.165) is 5.56 Å². The molecule has 0 aromatic heterocycles. The molecule has 0 saturated carbocycles. The summed E-state index contributed by atoms with van der Waals surface area (Å²) in [6, 6.07) is 10.6. The van der Waals surface area contributed by atoms with Crippen molar-refractivity contribution in [3.63, 3.8) is 0 Å². The minimum atomic E-state index is 0.0746. The van der Waals surface area contributed by atoms with Crippen LogP contribution in [0, 0.1) is 22.7 Å². The van der Waals surface area contributed by atoms with Crippen molar-refractivity contribution in [1.82, 2.24) is 0 Å². The monoisotopic (exact) mass is 169 g/mol. The molecule has 0 bridgehead atoms. The minimum absolute atomic E-state index is 0.0746. The van der Waals surface area contributed by atoms with E-state index in [1.54, 1.807) is 36.4 Å². The maximum atomic E-state index is 8.48. The fourth-order valence-corrected chi connectivity index (χ4v) is 0.905. The Hall–Kier alpha value is -2.26. The van der Waals surface area contributed by atoms with E-state index >= 15 is 0 Å². The molecule has 3 nitrogen and oxygen atoms in total. The summed E-state index contributed by atoms with van der Waals surface area (Å²) >= 11 is 0. The van der Waals surface area contributed by atoms with Crippen molar-refractivity contribution in [2.75, 3.05) is 5.73 Å². The van der Waals surface area contributed by atoms with Crippen LogP contribution >= 0.6 is 0 Å². The fraction of sp³-hybridized carbons (Fsp3) is 0. The van der Waals surface area contributed by atoms with Crippen LogP contribution in [0.3, 0.4) is 0 Å². The van der Waals surface area contributed by atoms with Gasteiger partial charge in [-0.05, 0) is 23.8 Å². The average molecular weight is 169 g/mol. The number of nitrogen functional groups attached to an aromatic ring is 1. The zero-order valence-corrected chi connectivity index (χ0v) is 6.86. The maximum Gasteiger partial charge on any atom is 0.130 e. The molecule has 0 radical (unpaired) electrons. The molecular weight excluding hydrogens is 162 g/mol. The van der Waals surface area contributed by atoms with E-state index in [-0.39, 0.29) is 5.57 Å². The molecule has 1 aromatic carbocycles. The Bertz CT molecular complexity index is 403. The van der Waals surface area contributed by atoms with Crippen molar-refractivity contribution < 1.29 is 0 Å². The molecular formula is C10H7N3. The zero-order chi connectivity index (χ0) is 9.68. The van der Waals surface area contributed by atoms with Gasteiger partial charge < -0.3 is 5.73 Å². The predicted molar refractivity (Wildman–Crippen MR) is 50.1 cm³/mol. The van der Waals surface area contributed by atoms with Crippen LogP contribution in [0.15, 0.2) is 29.8 Å². The smallest absolute Gasteiger partial charge is 0.130 e. The summed E-state index contributed by atoms with van der Waals surface area (Å²) in [6.45, 7) is 0. The molecule has 0 saturated heterocycles. The van der Waals surface area contributed by atoms with Crippen molar-refractivity contribution in [1.29, 1.82) is 10.5 Å². The maximum absolute atomic E-state index is 8.48. The number of nitrogens with two attached hydrogens (primary N) is 1. The number of nitrogens with zero attached hydrogens (tertiary/aromatic N) is 2. The highest BCUT2D eigenvalue weighted by Gasteiger charge is 1.93. The largest absolute Gasteiger partial charge is 0.399 e. The Morgan fingerprint density at radius 2 is 2.00 bits per heavy atom. The molecule has 0 heterocycles. The van der Waals surface area contributed by atoms with Gasteiger partial charge in [-0.1, -0.05) is 12.1 Å². The standard InChI is InChI=1S/C10H7N3/c11-6-9(7-12)4-8-2-1-3-10(13)5-8/h1-5H,13H2. The van der Waals surface area contributed by atoms with Gasteiger partial charge >= 0.3 is 0 Å². The number of hydrogen-bond donors (Lipinski definition) is 1.